The number of anilines is 1. The van der Waals surface area contributed by atoms with Crippen LogP contribution < -0.4 is 10.6 Å². The Bertz CT molecular complexity index is 726. The molecule has 24 heavy (non-hydrogen) atoms. The van der Waals surface area contributed by atoms with Crippen LogP contribution in [0.2, 0.25) is 0 Å². The van der Waals surface area contributed by atoms with Crippen molar-refractivity contribution in [3.05, 3.63) is 64.2 Å². The number of nitrogens with one attached hydrogen (secondary N) is 2. The summed E-state index contributed by atoms with van der Waals surface area (Å²) in [5.74, 6) is -0.162. The summed E-state index contributed by atoms with van der Waals surface area (Å²) in [4.78, 5) is 12.2. The van der Waals surface area contributed by atoms with E-state index in [2.05, 4.69) is 49.6 Å². The molecule has 128 valence electrons. The van der Waals surface area contributed by atoms with Crippen molar-refractivity contribution in [3.8, 4) is 0 Å². The predicted octanol–water partition coefficient (Wildman–Crippen LogP) is 3.51. The number of hydrogen-bond donors (Lipinski definition) is 3. The maximum absolute atomic E-state index is 12.2. The second kappa shape index (κ2) is 7.97. The maximum atomic E-state index is 12.2. The van der Waals surface area contributed by atoms with Gasteiger partial charge in [0.15, 0.2) is 0 Å². The minimum Gasteiger partial charge on any atom is -0.395 e. The number of benzene rings is 2. The predicted molar refractivity (Wildman–Crippen MR) is 98.6 cm³/mol. The highest BCUT2D eigenvalue weighted by Gasteiger charge is 2.14. The van der Waals surface area contributed by atoms with Crippen LogP contribution in [0.1, 0.15) is 45.6 Å². The molecule has 0 saturated heterocycles. The zero-order chi connectivity index (χ0) is 17.7. The average Bonchev–Trinajstić information content (AvgIpc) is 2.56. The Morgan fingerprint density at radius 1 is 1.17 bits per heavy atom. The van der Waals surface area contributed by atoms with Gasteiger partial charge in [0.2, 0.25) is 0 Å². The summed E-state index contributed by atoms with van der Waals surface area (Å²) in [6, 6.07) is 12.2. The third kappa shape index (κ3) is 4.15. The Hall–Kier alpha value is -2.33. The molecule has 0 fully saturated rings. The van der Waals surface area contributed by atoms with E-state index in [0.29, 0.717) is 5.56 Å². The van der Waals surface area contributed by atoms with Crippen molar-refractivity contribution >= 4 is 11.6 Å². The fourth-order valence-electron chi connectivity index (χ4n) is 2.84. The second-order valence-corrected chi connectivity index (χ2v) is 6.18. The van der Waals surface area contributed by atoms with E-state index in [1.807, 2.05) is 19.1 Å². The molecule has 1 amide bonds. The van der Waals surface area contributed by atoms with E-state index in [0.717, 1.165) is 11.3 Å². The summed E-state index contributed by atoms with van der Waals surface area (Å²) in [5.41, 5.74) is 6.21. The average molecular weight is 326 g/mol. The first-order chi connectivity index (χ1) is 11.4. The molecule has 2 rings (SSSR count). The van der Waals surface area contributed by atoms with Crippen LogP contribution in [0.5, 0.6) is 0 Å². The molecule has 1 atom stereocenters. The minimum absolute atomic E-state index is 0.0631. The molecular formula is C20H26N2O2. The van der Waals surface area contributed by atoms with E-state index in [1.165, 1.54) is 16.7 Å². The number of carbonyl (C=O) groups excluding carboxylic acids is 1. The van der Waals surface area contributed by atoms with Gasteiger partial charge in [-0.05, 0) is 56.5 Å². The van der Waals surface area contributed by atoms with Crippen molar-refractivity contribution in [2.45, 2.75) is 33.7 Å². The summed E-state index contributed by atoms with van der Waals surface area (Å²) in [7, 11) is 0. The zero-order valence-electron chi connectivity index (χ0n) is 14.8. The molecule has 1 unspecified atom stereocenters. The van der Waals surface area contributed by atoms with Gasteiger partial charge in [0.05, 0.1) is 6.61 Å². The Kier molecular flexibility index (Phi) is 5.99. The number of aliphatic hydroxyl groups excluding tert-OH is 1. The van der Waals surface area contributed by atoms with E-state index in [9.17, 15) is 4.79 Å². The fraction of sp³-hybridized carbons (Fsp3) is 0.350. The topological polar surface area (TPSA) is 61.4 Å². The van der Waals surface area contributed by atoms with Crippen LogP contribution in [-0.2, 0) is 0 Å². The quantitative estimate of drug-likeness (QED) is 0.761. The van der Waals surface area contributed by atoms with Crippen LogP contribution in [0, 0.1) is 20.8 Å². The molecule has 0 aromatic heterocycles. The molecule has 0 aliphatic carbocycles. The van der Waals surface area contributed by atoms with Gasteiger partial charge in [-0.3, -0.25) is 4.79 Å². The lowest BCUT2D eigenvalue weighted by Crippen LogP contribution is -2.27. The third-order valence-corrected chi connectivity index (χ3v) is 4.25. The fourth-order valence-corrected chi connectivity index (χ4v) is 2.84. The van der Waals surface area contributed by atoms with Crippen molar-refractivity contribution in [1.29, 1.82) is 0 Å². The molecule has 2 aromatic rings. The lowest BCUT2D eigenvalue weighted by Gasteiger charge is -2.21. The Labute approximate surface area is 143 Å². The van der Waals surface area contributed by atoms with Crippen LogP contribution >= 0.6 is 0 Å². The lowest BCUT2D eigenvalue weighted by molar-refractivity contribution is 0.0944. The van der Waals surface area contributed by atoms with Crippen LogP contribution in [-0.4, -0.2) is 24.2 Å². The van der Waals surface area contributed by atoms with E-state index in [4.69, 9.17) is 5.11 Å². The van der Waals surface area contributed by atoms with E-state index < -0.39 is 0 Å². The molecule has 4 nitrogen and oxygen atoms in total. The van der Waals surface area contributed by atoms with Gasteiger partial charge in [-0.2, -0.15) is 0 Å². The summed E-state index contributed by atoms with van der Waals surface area (Å²) < 4.78 is 0. The first kappa shape index (κ1) is 18.0. The smallest absolute Gasteiger partial charge is 0.251 e. The minimum atomic E-state index is -0.162. The van der Waals surface area contributed by atoms with Gasteiger partial charge in [0, 0.05) is 23.8 Å². The third-order valence-electron chi connectivity index (χ3n) is 4.25. The standard InChI is InChI=1S/C20H26N2O2/c1-13-8-9-14(2)18(12-13)16(4)22-19-7-5-6-17(15(19)3)20(24)21-10-11-23/h5-9,12,16,22-23H,10-11H2,1-4H3,(H,21,24). The number of rotatable bonds is 6. The van der Waals surface area contributed by atoms with Crippen molar-refractivity contribution < 1.29 is 9.90 Å². The van der Waals surface area contributed by atoms with Gasteiger partial charge in [-0.25, -0.2) is 0 Å². The lowest BCUT2D eigenvalue weighted by atomic mass is 9.99. The first-order valence-electron chi connectivity index (χ1n) is 8.26. The van der Waals surface area contributed by atoms with E-state index in [-0.39, 0.29) is 25.1 Å². The van der Waals surface area contributed by atoms with Crippen LogP contribution in [0.4, 0.5) is 5.69 Å². The van der Waals surface area contributed by atoms with Gasteiger partial charge in [0.1, 0.15) is 0 Å². The van der Waals surface area contributed by atoms with E-state index in [1.54, 1.807) is 6.07 Å². The molecule has 0 spiro atoms. The maximum Gasteiger partial charge on any atom is 0.251 e. The van der Waals surface area contributed by atoms with Gasteiger partial charge in [0.25, 0.3) is 5.91 Å². The summed E-state index contributed by atoms with van der Waals surface area (Å²) in [6.07, 6.45) is 0. The first-order valence-corrected chi connectivity index (χ1v) is 8.26. The molecule has 0 aliphatic rings. The molecular weight excluding hydrogens is 300 g/mol. The number of aliphatic hydroxyl groups is 1. The molecule has 3 N–H and O–H groups in total. The summed E-state index contributed by atoms with van der Waals surface area (Å²) in [5, 5.41) is 15.1. The molecule has 0 aliphatic heterocycles. The number of hydrogen-bond acceptors (Lipinski definition) is 3. The summed E-state index contributed by atoms with van der Waals surface area (Å²) >= 11 is 0. The van der Waals surface area contributed by atoms with Gasteiger partial charge >= 0.3 is 0 Å². The van der Waals surface area contributed by atoms with Crippen molar-refractivity contribution in [3.63, 3.8) is 0 Å². The number of amides is 1. The molecule has 0 radical (unpaired) electrons. The molecule has 4 heteroatoms. The zero-order valence-corrected chi connectivity index (χ0v) is 14.8. The van der Waals surface area contributed by atoms with Gasteiger partial charge in [-0.15, -0.1) is 0 Å². The normalized spacial score (nSPS) is 11.9. The monoisotopic (exact) mass is 326 g/mol. The molecule has 0 saturated carbocycles. The largest absolute Gasteiger partial charge is 0.395 e. The SMILES string of the molecule is Cc1ccc(C)c(C(C)Nc2cccc(C(=O)NCCO)c2C)c1. The molecule has 0 heterocycles. The summed E-state index contributed by atoms with van der Waals surface area (Å²) in [6.45, 7) is 8.46. The molecule has 0 bridgehead atoms. The van der Waals surface area contributed by atoms with Crippen molar-refractivity contribution in [1.82, 2.24) is 5.32 Å². The number of carbonyl (C=O) groups is 1. The van der Waals surface area contributed by atoms with Crippen molar-refractivity contribution in [2.75, 3.05) is 18.5 Å². The Balaban J connectivity index is 2.23. The van der Waals surface area contributed by atoms with E-state index >= 15 is 0 Å². The van der Waals surface area contributed by atoms with Crippen LogP contribution in [0.25, 0.3) is 0 Å². The highest BCUT2D eigenvalue weighted by Crippen LogP contribution is 2.26. The van der Waals surface area contributed by atoms with Crippen LogP contribution in [0.3, 0.4) is 0 Å². The highest BCUT2D eigenvalue weighted by atomic mass is 16.3. The second-order valence-electron chi connectivity index (χ2n) is 6.18. The van der Waals surface area contributed by atoms with Gasteiger partial charge < -0.3 is 15.7 Å². The van der Waals surface area contributed by atoms with Crippen molar-refractivity contribution in [2.24, 2.45) is 0 Å². The number of aryl methyl sites for hydroxylation is 2. The Morgan fingerprint density at radius 2 is 1.92 bits per heavy atom. The molecule has 2 aromatic carbocycles. The van der Waals surface area contributed by atoms with Gasteiger partial charge in [-0.1, -0.05) is 29.8 Å². The Morgan fingerprint density at radius 3 is 2.62 bits per heavy atom. The van der Waals surface area contributed by atoms with Crippen LogP contribution in [0.15, 0.2) is 36.4 Å². The highest BCUT2D eigenvalue weighted by molar-refractivity contribution is 5.97.